The fourth-order valence-corrected chi connectivity index (χ4v) is 5.72. The van der Waals surface area contributed by atoms with Gasteiger partial charge >= 0.3 is 0 Å². The first-order valence-electron chi connectivity index (χ1n) is 15.1. The van der Waals surface area contributed by atoms with Crippen LogP contribution >= 0.6 is 0 Å². The molecule has 1 amide bonds. The topological polar surface area (TPSA) is 110 Å². The van der Waals surface area contributed by atoms with Crippen LogP contribution in [-0.2, 0) is 14.4 Å². The van der Waals surface area contributed by atoms with Gasteiger partial charge in [-0.1, -0.05) is 37.9 Å². The van der Waals surface area contributed by atoms with E-state index in [0.29, 0.717) is 42.8 Å². The third kappa shape index (κ3) is 6.86. The number of amides is 1. The van der Waals surface area contributed by atoms with Crippen LogP contribution in [0.4, 0.5) is 4.39 Å². The van der Waals surface area contributed by atoms with Crippen LogP contribution < -0.4 is 5.32 Å². The Kier molecular flexibility index (Phi) is 9.30. The minimum Gasteiger partial charge on any atom is -0.438 e. The van der Waals surface area contributed by atoms with Gasteiger partial charge in [-0.25, -0.2) is 9.37 Å². The number of aromatic nitrogens is 2. The van der Waals surface area contributed by atoms with E-state index < -0.39 is 17.5 Å². The molecular formula is C32H40FN5O4. The van der Waals surface area contributed by atoms with Crippen molar-refractivity contribution in [3.8, 4) is 11.3 Å². The summed E-state index contributed by atoms with van der Waals surface area (Å²) in [6, 6.07) is 6.33. The Labute approximate surface area is 245 Å². The van der Waals surface area contributed by atoms with Crippen molar-refractivity contribution in [3.05, 3.63) is 47.9 Å². The van der Waals surface area contributed by atoms with Crippen LogP contribution in [0.15, 0.2) is 40.0 Å². The maximum Gasteiger partial charge on any atom is 0.269 e. The fourth-order valence-electron chi connectivity index (χ4n) is 5.72. The fraction of sp³-hybridized carbons (Fsp3) is 0.531. The number of nitrogens with one attached hydrogen (secondary N) is 1. The van der Waals surface area contributed by atoms with E-state index in [2.05, 4.69) is 32.3 Å². The van der Waals surface area contributed by atoms with Crippen LogP contribution in [0.25, 0.3) is 22.2 Å². The maximum absolute atomic E-state index is 15.1. The van der Waals surface area contributed by atoms with E-state index in [-0.39, 0.29) is 23.0 Å². The van der Waals surface area contributed by atoms with Gasteiger partial charge in [0.1, 0.15) is 29.0 Å². The predicted molar refractivity (Wildman–Crippen MR) is 158 cm³/mol. The van der Waals surface area contributed by atoms with Crippen molar-refractivity contribution in [3.63, 3.8) is 0 Å². The molecule has 1 saturated heterocycles. The van der Waals surface area contributed by atoms with Gasteiger partial charge in [-0.15, -0.1) is 0 Å². The summed E-state index contributed by atoms with van der Waals surface area (Å²) in [5, 5.41) is 8.04. The number of oxazole rings is 1. The molecule has 1 atom stereocenters. The molecule has 224 valence electrons. The molecule has 10 heteroatoms. The number of piperidine rings is 1. The molecule has 2 aliphatic heterocycles. The van der Waals surface area contributed by atoms with Crippen LogP contribution in [-0.4, -0.2) is 57.5 Å². The Morgan fingerprint density at radius 2 is 1.95 bits per heavy atom. The van der Waals surface area contributed by atoms with Gasteiger partial charge < -0.3 is 19.5 Å². The van der Waals surface area contributed by atoms with Crippen molar-refractivity contribution in [2.45, 2.75) is 90.2 Å². The van der Waals surface area contributed by atoms with Gasteiger partial charge in [-0.3, -0.25) is 14.6 Å². The molecule has 1 fully saturated rings. The van der Waals surface area contributed by atoms with Gasteiger partial charge in [-0.05, 0) is 38.4 Å². The molecule has 1 N–H and O–H groups in total. The Bertz CT molecular complexity index is 1460. The molecule has 0 bridgehead atoms. The molecule has 0 saturated carbocycles. The van der Waals surface area contributed by atoms with E-state index in [1.165, 1.54) is 12.3 Å². The minimum absolute atomic E-state index is 0.248. The average molecular weight is 578 g/mol. The number of hydrogen-bond acceptors (Lipinski definition) is 8. The molecule has 42 heavy (non-hydrogen) atoms. The number of aryl methyl sites for hydroxylation is 1. The first-order valence-corrected chi connectivity index (χ1v) is 15.1. The Balaban J connectivity index is 1.30. The molecule has 2 aliphatic rings. The van der Waals surface area contributed by atoms with Crippen LogP contribution in [0, 0.1) is 12.7 Å². The summed E-state index contributed by atoms with van der Waals surface area (Å²) in [6.45, 7) is 8.72. The number of nitrogens with zero attached hydrogens (tertiary/aromatic N) is 4. The van der Waals surface area contributed by atoms with Crippen LogP contribution in [0.5, 0.6) is 0 Å². The molecule has 0 aliphatic carbocycles. The van der Waals surface area contributed by atoms with Gasteiger partial charge in [0.25, 0.3) is 5.91 Å². The van der Waals surface area contributed by atoms with Crippen LogP contribution in [0.2, 0.25) is 0 Å². The van der Waals surface area contributed by atoms with Gasteiger partial charge in [0.05, 0.1) is 17.3 Å². The van der Waals surface area contributed by atoms with Gasteiger partial charge in [0.2, 0.25) is 5.89 Å². The zero-order valence-electron chi connectivity index (χ0n) is 24.7. The average Bonchev–Trinajstić information content (AvgIpc) is 3.64. The second-order valence-electron chi connectivity index (χ2n) is 11.5. The number of carbonyl (C=O) groups is 2. The Morgan fingerprint density at radius 3 is 2.71 bits per heavy atom. The summed E-state index contributed by atoms with van der Waals surface area (Å²) < 4.78 is 21.2. The van der Waals surface area contributed by atoms with E-state index in [1.54, 1.807) is 6.07 Å². The molecule has 4 heterocycles. The zero-order valence-corrected chi connectivity index (χ0v) is 24.7. The third-order valence-electron chi connectivity index (χ3n) is 8.47. The number of carbonyl (C=O) groups excluding carboxylic acids is 2. The number of likely N-dealkylation sites (tertiary alicyclic amines) is 1. The maximum atomic E-state index is 15.1. The lowest BCUT2D eigenvalue weighted by Gasteiger charge is -2.36. The highest BCUT2D eigenvalue weighted by molar-refractivity contribution is 6.39. The Morgan fingerprint density at radius 1 is 1.14 bits per heavy atom. The number of Topliss-reactive ketones (excluding diaryl/α,β-unsaturated/α-hetero) is 1. The van der Waals surface area contributed by atoms with E-state index in [4.69, 9.17) is 9.25 Å². The van der Waals surface area contributed by atoms with E-state index >= 15 is 4.39 Å². The number of pyridine rings is 1. The van der Waals surface area contributed by atoms with E-state index in [0.717, 1.165) is 62.8 Å². The highest BCUT2D eigenvalue weighted by Gasteiger charge is 2.43. The lowest BCUT2D eigenvalue weighted by atomic mass is 9.86. The number of halogens is 1. The molecular weight excluding hydrogens is 537 g/mol. The third-order valence-corrected chi connectivity index (χ3v) is 8.47. The van der Waals surface area contributed by atoms with Crippen molar-refractivity contribution in [1.29, 1.82) is 0 Å². The van der Waals surface area contributed by atoms with Crippen LogP contribution in [0.1, 0.15) is 89.3 Å². The van der Waals surface area contributed by atoms with E-state index in [9.17, 15) is 9.59 Å². The lowest BCUT2D eigenvalue weighted by molar-refractivity contribution is -0.119. The minimum atomic E-state index is -0.540. The summed E-state index contributed by atoms with van der Waals surface area (Å²) in [4.78, 5) is 42.2. The highest BCUT2D eigenvalue weighted by atomic mass is 19.1. The SMILES string of the molecule is CCC(=O)CCCCC[C@H](NC(=O)C1=NOC2(CCN(CC)CC2)C1)c1ncc(-c2cc3ccc(C)nc3cc2F)o1. The molecule has 3 aromatic rings. The highest BCUT2D eigenvalue weighted by Crippen LogP contribution is 2.35. The van der Waals surface area contributed by atoms with Crippen molar-refractivity contribution in [2.24, 2.45) is 5.16 Å². The number of unbranched alkanes of at least 4 members (excludes halogenated alkanes) is 2. The molecule has 0 radical (unpaired) electrons. The second kappa shape index (κ2) is 13.1. The molecule has 2 aromatic heterocycles. The standard InChI is InChI=1S/C32H40FN5O4/c1-4-23(39)9-7-6-8-10-26(36-30(40)28-19-32(42-37-28)13-15-38(5-2)16-14-32)31-34-20-29(41-31)24-17-22-12-11-21(3)35-27(22)18-25(24)33/h11-12,17-18,20,26H,4-10,13-16,19H2,1-3H3,(H,36,40)/t26-/m0/s1. The number of fused-ring (bicyclic) bond motifs is 1. The van der Waals surface area contributed by atoms with Gasteiger partial charge in [-0.2, -0.15) is 0 Å². The normalized spacial score (nSPS) is 17.3. The smallest absolute Gasteiger partial charge is 0.269 e. The first kappa shape index (κ1) is 29.8. The number of rotatable bonds is 12. The number of ketones is 1. The number of hydrogen-bond donors (Lipinski definition) is 1. The molecule has 0 unspecified atom stereocenters. The second-order valence-corrected chi connectivity index (χ2v) is 11.5. The van der Waals surface area contributed by atoms with Gasteiger partial charge in [0, 0.05) is 62.3 Å². The van der Waals surface area contributed by atoms with E-state index in [1.807, 2.05) is 26.0 Å². The molecule has 1 aromatic carbocycles. The largest absolute Gasteiger partial charge is 0.438 e. The number of oxime groups is 1. The monoisotopic (exact) mass is 577 g/mol. The van der Waals surface area contributed by atoms with Gasteiger partial charge in [0.15, 0.2) is 5.76 Å². The summed E-state index contributed by atoms with van der Waals surface area (Å²) >= 11 is 0. The molecule has 1 spiro atoms. The molecule has 5 rings (SSSR count). The first-order chi connectivity index (χ1) is 20.3. The lowest BCUT2D eigenvalue weighted by Crippen LogP contribution is -2.45. The summed E-state index contributed by atoms with van der Waals surface area (Å²) in [6.07, 6.45) is 7.65. The Hall–Kier alpha value is -3.66. The number of benzene rings is 1. The van der Waals surface area contributed by atoms with Crippen molar-refractivity contribution < 1.29 is 23.2 Å². The summed E-state index contributed by atoms with van der Waals surface area (Å²) in [7, 11) is 0. The predicted octanol–water partition coefficient (Wildman–Crippen LogP) is 6.06. The molecule has 9 nitrogen and oxygen atoms in total. The van der Waals surface area contributed by atoms with Crippen molar-refractivity contribution >= 4 is 28.3 Å². The van der Waals surface area contributed by atoms with Crippen molar-refractivity contribution in [1.82, 2.24) is 20.2 Å². The zero-order chi connectivity index (χ0) is 29.7. The summed E-state index contributed by atoms with van der Waals surface area (Å²) in [5.74, 6) is 0.0595. The quantitative estimate of drug-likeness (QED) is 0.261. The van der Waals surface area contributed by atoms with Crippen molar-refractivity contribution in [2.75, 3.05) is 19.6 Å². The van der Waals surface area contributed by atoms with Crippen LogP contribution in [0.3, 0.4) is 0 Å². The summed E-state index contributed by atoms with van der Waals surface area (Å²) in [5.41, 5.74) is 1.61.